The van der Waals surface area contributed by atoms with E-state index in [9.17, 15) is 14.9 Å². The van der Waals surface area contributed by atoms with Gasteiger partial charge in [-0.2, -0.15) is 10.5 Å². The number of ketones is 1. The monoisotopic (exact) mass is 447 g/mol. The summed E-state index contributed by atoms with van der Waals surface area (Å²) in [7, 11) is 2.67. The molecule has 0 saturated heterocycles. The maximum absolute atomic E-state index is 13.1. The molecule has 0 fully saturated rings. The van der Waals surface area contributed by atoms with Gasteiger partial charge in [0.05, 0.1) is 37.6 Å². The van der Waals surface area contributed by atoms with Crippen molar-refractivity contribution in [1.82, 2.24) is 4.98 Å². The Morgan fingerprint density at radius 2 is 1.84 bits per heavy atom. The Morgan fingerprint density at radius 3 is 2.47 bits per heavy atom. The number of rotatable bonds is 8. The quantitative estimate of drug-likeness (QED) is 0.378. The minimum atomic E-state index is -1.12. The highest BCUT2D eigenvalue weighted by molar-refractivity contribution is 7.10. The van der Waals surface area contributed by atoms with E-state index in [-0.39, 0.29) is 17.9 Å². The normalized spacial score (nSPS) is 11.0. The van der Waals surface area contributed by atoms with Gasteiger partial charge >= 0.3 is 5.97 Å². The lowest BCUT2D eigenvalue weighted by molar-refractivity contribution is -0.142. The van der Waals surface area contributed by atoms with Gasteiger partial charge in [-0.05, 0) is 30.3 Å². The van der Waals surface area contributed by atoms with Crippen LogP contribution in [0.2, 0.25) is 0 Å². The number of esters is 1. The fourth-order valence-electron chi connectivity index (χ4n) is 2.80. The van der Waals surface area contributed by atoms with Crippen LogP contribution in [0, 0.1) is 22.7 Å². The number of hydrogen-bond donors (Lipinski definition) is 0. The summed E-state index contributed by atoms with van der Waals surface area (Å²) in [6.45, 7) is -0.355. The highest BCUT2D eigenvalue weighted by atomic mass is 32.1. The highest BCUT2D eigenvalue weighted by Gasteiger charge is 2.26. The van der Waals surface area contributed by atoms with Crippen molar-refractivity contribution in [1.29, 1.82) is 10.5 Å². The van der Waals surface area contributed by atoms with Crippen LogP contribution in [0.15, 0.2) is 47.8 Å². The second-order valence-corrected chi connectivity index (χ2v) is 7.31. The summed E-state index contributed by atoms with van der Waals surface area (Å²) in [5, 5.41) is 20.7. The van der Waals surface area contributed by atoms with E-state index in [1.54, 1.807) is 29.6 Å². The molecule has 3 aromatic rings. The predicted molar refractivity (Wildman–Crippen MR) is 115 cm³/mol. The van der Waals surface area contributed by atoms with Crippen molar-refractivity contribution in [2.24, 2.45) is 0 Å². The van der Waals surface area contributed by atoms with Crippen LogP contribution in [0.3, 0.4) is 0 Å². The van der Waals surface area contributed by atoms with Crippen molar-refractivity contribution in [3.05, 3.63) is 64.0 Å². The van der Waals surface area contributed by atoms with Gasteiger partial charge in [0.2, 0.25) is 0 Å². The van der Waals surface area contributed by atoms with E-state index >= 15 is 0 Å². The van der Waals surface area contributed by atoms with E-state index in [4.69, 9.17) is 14.7 Å². The fourth-order valence-corrected chi connectivity index (χ4v) is 3.67. The molecule has 0 aliphatic rings. The van der Waals surface area contributed by atoms with Gasteiger partial charge in [0.15, 0.2) is 29.8 Å². The Hall–Kier alpha value is -4.21. The molecule has 0 spiro atoms. The van der Waals surface area contributed by atoms with Gasteiger partial charge in [-0.3, -0.25) is 4.79 Å². The first-order valence-corrected chi connectivity index (χ1v) is 10.2. The Balaban J connectivity index is 1.86. The third-order valence-electron chi connectivity index (χ3n) is 4.49. The average Bonchev–Trinajstić information content (AvgIpc) is 3.32. The standard InChI is InChI=1S/C23H17N3O5S/c1-29-19-8-7-16(9-20(19)31-12-21(27)30-2)22(28)17(11-25)23-26-18(13-32-23)15-5-3-14(10-24)4-6-15/h3-9,13,17H,12H2,1-2H3. The van der Waals surface area contributed by atoms with Crippen LogP contribution in [-0.4, -0.2) is 37.6 Å². The number of nitrogens with zero attached hydrogens (tertiary/aromatic N) is 3. The van der Waals surface area contributed by atoms with E-state index in [0.29, 0.717) is 22.0 Å². The zero-order valence-corrected chi connectivity index (χ0v) is 18.0. The zero-order chi connectivity index (χ0) is 23.1. The number of ether oxygens (including phenoxy) is 3. The lowest BCUT2D eigenvalue weighted by atomic mass is 9.99. The Labute approximate surface area is 188 Å². The molecular weight excluding hydrogens is 430 g/mol. The molecule has 0 aliphatic heterocycles. The molecule has 8 nitrogen and oxygen atoms in total. The Bertz CT molecular complexity index is 1220. The molecule has 0 saturated carbocycles. The summed E-state index contributed by atoms with van der Waals surface area (Å²) < 4.78 is 15.2. The summed E-state index contributed by atoms with van der Waals surface area (Å²) >= 11 is 1.20. The minimum absolute atomic E-state index is 0.179. The van der Waals surface area contributed by atoms with Crippen LogP contribution in [-0.2, 0) is 9.53 Å². The Kier molecular flexibility index (Phi) is 7.17. The molecule has 0 N–H and O–H groups in total. The SMILES string of the molecule is COC(=O)COc1cc(C(=O)C(C#N)c2nc(-c3ccc(C#N)cc3)cs2)ccc1OC. The van der Waals surface area contributed by atoms with E-state index in [1.165, 1.54) is 43.8 Å². The number of nitriles is 2. The van der Waals surface area contributed by atoms with E-state index in [1.807, 2.05) is 6.07 Å². The van der Waals surface area contributed by atoms with Crippen molar-refractivity contribution < 1.29 is 23.8 Å². The number of Topliss-reactive ketones (excluding diaryl/α,β-unsaturated/α-hetero) is 1. The molecule has 1 unspecified atom stereocenters. The first kappa shape index (κ1) is 22.5. The molecule has 9 heteroatoms. The van der Waals surface area contributed by atoms with Crippen LogP contribution in [0.1, 0.15) is 26.8 Å². The summed E-state index contributed by atoms with van der Waals surface area (Å²) in [5.41, 5.74) is 2.13. The number of carbonyl (C=O) groups excluding carboxylic acids is 2. The Morgan fingerprint density at radius 1 is 1.09 bits per heavy atom. The van der Waals surface area contributed by atoms with Crippen molar-refractivity contribution in [2.75, 3.05) is 20.8 Å². The maximum Gasteiger partial charge on any atom is 0.343 e. The third kappa shape index (κ3) is 4.91. The lowest BCUT2D eigenvalue weighted by Gasteiger charge is -2.12. The largest absolute Gasteiger partial charge is 0.493 e. The van der Waals surface area contributed by atoms with Crippen LogP contribution in [0.25, 0.3) is 11.3 Å². The van der Waals surface area contributed by atoms with Crippen LogP contribution < -0.4 is 9.47 Å². The number of thiazole rings is 1. The minimum Gasteiger partial charge on any atom is -0.493 e. The summed E-state index contributed by atoms with van der Waals surface area (Å²) in [4.78, 5) is 28.9. The molecule has 2 aromatic carbocycles. The predicted octanol–water partition coefficient (Wildman–Crippen LogP) is 3.73. The highest BCUT2D eigenvalue weighted by Crippen LogP contribution is 2.32. The molecule has 0 aliphatic carbocycles. The first-order chi connectivity index (χ1) is 15.5. The second-order valence-electron chi connectivity index (χ2n) is 6.42. The lowest BCUT2D eigenvalue weighted by Crippen LogP contribution is -2.14. The molecule has 0 bridgehead atoms. The van der Waals surface area contributed by atoms with Gasteiger partial charge in [0.1, 0.15) is 5.01 Å². The van der Waals surface area contributed by atoms with Crippen molar-refractivity contribution >= 4 is 23.1 Å². The molecule has 1 aromatic heterocycles. The van der Waals surface area contributed by atoms with Gasteiger partial charge in [0, 0.05) is 16.5 Å². The molecule has 3 rings (SSSR count). The number of benzene rings is 2. The number of methoxy groups -OCH3 is 2. The third-order valence-corrected chi connectivity index (χ3v) is 5.40. The van der Waals surface area contributed by atoms with Crippen LogP contribution in [0.5, 0.6) is 11.5 Å². The van der Waals surface area contributed by atoms with Crippen LogP contribution in [0.4, 0.5) is 0 Å². The average molecular weight is 447 g/mol. The summed E-state index contributed by atoms with van der Waals surface area (Å²) in [5.74, 6) is -1.65. The van der Waals surface area contributed by atoms with Crippen molar-refractivity contribution in [3.63, 3.8) is 0 Å². The van der Waals surface area contributed by atoms with E-state index in [0.717, 1.165) is 5.56 Å². The zero-order valence-electron chi connectivity index (χ0n) is 17.2. The van der Waals surface area contributed by atoms with Gasteiger partial charge in [-0.15, -0.1) is 11.3 Å². The molecule has 0 amide bonds. The van der Waals surface area contributed by atoms with Gasteiger partial charge in [-0.25, -0.2) is 9.78 Å². The number of carbonyl (C=O) groups is 2. The number of aromatic nitrogens is 1. The fraction of sp³-hybridized carbons (Fsp3) is 0.174. The van der Waals surface area contributed by atoms with Crippen molar-refractivity contribution in [3.8, 4) is 34.9 Å². The summed E-state index contributed by atoms with van der Waals surface area (Å²) in [6.07, 6.45) is 0. The smallest absolute Gasteiger partial charge is 0.343 e. The van der Waals surface area contributed by atoms with Gasteiger partial charge in [-0.1, -0.05) is 12.1 Å². The second kappa shape index (κ2) is 10.2. The van der Waals surface area contributed by atoms with E-state index in [2.05, 4.69) is 15.8 Å². The topological polar surface area (TPSA) is 122 Å². The van der Waals surface area contributed by atoms with Gasteiger partial charge in [0.25, 0.3) is 0 Å². The van der Waals surface area contributed by atoms with Crippen molar-refractivity contribution in [2.45, 2.75) is 5.92 Å². The molecule has 1 heterocycles. The first-order valence-electron chi connectivity index (χ1n) is 9.28. The van der Waals surface area contributed by atoms with Crippen LogP contribution >= 0.6 is 11.3 Å². The summed E-state index contributed by atoms with van der Waals surface area (Å²) in [6, 6.07) is 15.4. The number of hydrogen-bond acceptors (Lipinski definition) is 9. The molecule has 0 radical (unpaired) electrons. The molecule has 32 heavy (non-hydrogen) atoms. The molecule has 1 atom stereocenters. The molecular formula is C23H17N3O5S. The molecule has 160 valence electrons. The van der Waals surface area contributed by atoms with E-state index < -0.39 is 17.7 Å². The van der Waals surface area contributed by atoms with Gasteiger partial charge < -0.3 is 14.2 Å². The maximum atomic E-state index is 13.1.